The molecule has 0 unspecified atom stereocenters. The molecule has 25 heavy (non-hydrogen) atoms. The van der Waals surface area contributed by atoms with Gasteiger partial charge < -0.3 is 9.88 Å². The highest BCUT2D eigenvalue weighted by Crippen LogP contribution is 2.36. The van der Waals surface area contributed by atoms with Crippen LogP contribution in [0.3, 0.4) is 0 Å². The summed E-state index contributed by atoms with van der Waals surface area (Å²) in [5, 5.41) is 3.08. The van der Waals surface area contributed by atoms with Crippen molar-refractivity contribution in [3.05, 3.63) is 83.9 Å². The molecule has 1 N–H and O–H groups in total. The number of imidazole rings is 1. The van der Waals surface area contributed by atoms with Gasteiger partial charge >= 0.3 is 0 Å². The minimum absolute atomic E-state index is 0.0294. The van der Waals surface area contributed by atoms with E-state index in [1.807, 2.05) is 41.4 Å². The van der Waals surface area contributed by atoms with Crippen molar-refractivity contribution in [3.63, 3.8) is 0 Å². The fourth-order valence-electron chi connectivity index (χ4n) is 3.09. The quantitative estimate of drug-likeness (QED) is 0.769. The van der Waals surface area contributed by atoms with E-state index in [2.05, 4.69) is 34.6 Å². The van der Waals surface area contributed by atoms with Crippen molar-refractivity contribution >= 4 is 17.7 Å². The smallest absolute Gasteiger partial charge is 0.234 e. The van der Waals surface area contributed by atoms with Crippen LogP contribution in [0.4, 0.5) is 0 Å². The third-order valence-electron chi connectivity index (χ3n) is 4.42. The molecule has 1 amide bonds. The van der Waals surface area contributed by atoms with Gasteiger partial charge in [0.15, 0.2) is 0 Å². The lowest BCUT2D eigenvalue weighted by Crippen LogP contribution is -2.32. The van der Waals surface area contributed by atoms with E-state index in [9.17, 15) is 4.79 Å². The summed E-state index contributed by atoms with van der Waals surface area (Å²) < 4.78 is 2.03. The van der Waals surface area contributed by atoms with Crippen LogP contribution in [0.1, 0.15) is 16.7 Å². The molecular formula is C20H19N3OS. The molecule has 1 aliphatic heterocycles. The first-order valence-corrected chi connectivity index (χ1v) is 9.22. The maximum absolute atomic E-state index is 12.6. The molecule has 0 saturated heterocycles. The van der Waals surface area contributed by atoms with E-state index in [1.54, 1.807) is 18.0 Å². The second-order valence-electron chi connectivity index (χ2n) is 6.14. The van der Waals surface area contributed by atoms with Crippen LogP contribution >= 0.6 is 11.8 Å². The Kier molecular flexibility index (Phi) is 4.57. The molecule has 3 aromatic rings. The lowest BCUT2D eigenvalue weighted by atomic mass is 10.1. The largest absolute Gasteiger partial charge is 0.351 e. The van der Waals surface area contributed by atoms with E-state index in [0.29, 0.717) is 6.54 Å². The number of aromatic nitrogens is 2. The molecule has 4 nitrogen and oxygen atoms in total. The van der Waals surface area contributed by atoms with Gasteiger partial charge in [-0.3, -0.25) is 4.79 Å². The Balaban J connectivity index is 1.40. The molecule has 2 heterocycles. The minimum Gasteiger partial charge on any atom is -0.351 e. The zero-order chi connectivity index (χ0) is 17.1. The Morgan fingerprint density at radius 1 is 1.16 bits per heavy atom. The molecule has 5 heteroatoms. The molecule has 2 aromatic carbocycles. The van der Waals surface area contributed by atoms with Gasteiger partial charge in [0.05, 0.1) is 11.6 Å². The number of nitrogens with one attached hydrogen (secondary N) is 1. The number of rotatable bonds is 5. The first-order chi connectivity index (χ1) is 12.3. The maximum Gasteiger partial charge on any atom is 0.234 e. The van der Waals surface area contributed by atoms with Crippen LogP contribution in [0.15, 0.2) is 72.1 Å². The Bertz CT molecular complexity index is 851. The van der Waals surface area contributed by atoms with Crippen LogP contribution in [0.2, 0.25) is 0 Å². The maximum atomic E-state index is 12.6. The highest BCUT2D eigenvalue weighted by molar-refractivity contribution is 8.01. The molecule has 0 radical (unpaired) electrons. The van der Waals surface area contributed by atoms with Crippen LogP contribution in [-0.4, -0.2) is 20.7 Å². The topological polar surface area (TPSA) is 46.9 Å². The molecule has 1 atom stereocenters. The number of nitrogens with zero attached hydrogens (tertiary/aromatic N) is 2. The van der Waals surface area contributed by atoms with E-state index in [0.717, 1.165) is 18.5 Å². The normalized spacial score (nSPS) is 15.8. The predicted molar refractivity (Wildman–Crippen MR) is 99.4 cm³/mol. The van der Waals surface area contributed by atoms with Gasteiger partial charge in [-0.1, -0.05) is 42.5 Å². The minimum atomic E-state index is -0.0294. The zero-order valence-corrected chi connectivity index (χ0v) is 14.6. The second kappa shape index (κ2) is 7.15. The van der Waals surface area contributed by atoms with Crippen LogP contribution in [0.25, 0.3) is 0 Å². The molecule has 0 saturated carbocycles. The van der Waals surface area contributed by atoms with Gasteiger partial charge in [-0.05, 0) is 29.2 Å². The lowest BCUT2D eigenvalue weighted by Gasteiger charge is -2.13. The summed E-state index contributed by atoms with van der Waals surface area (Å²) >= 11 is 1.66. The molecule has 0 spiro atoms. The fraction of sp³-hybridized carbons (Fsp3) is 0.200. The van der Waals surface area contributed by atoms with Crippen LogP contribution < -0.4 is 5.32 Å². The molecule has 4 rings (SSSR count). The van der Waals surface area contributed by atoms with Crippen LogP contribution in [0.5, 0.6) is 0 Å². The molecule has 0 bridgehead atoms. The number of hydrogen-bond acceptors (Lipinski definition) is 3. The summed E-state index contributed by atoms with van der Waals surface area (Å²) in [6.07, 6.45) is 6.34. The monoisotopic (exact) mass is 349 g/mol. The summed E-state index contributed by atoms with van der Waals surface area (Å²) in [5.41, 5.74) is 3.61. The van der Waals surface area contributed by atoms with Crippen molar-refractivity contribution in [2.45, 2.75) is 29.7 Å². The molecule has 0 fully saturated rings. The first kappa shape index (κ1) is 16.0. The highest BCUT2D eigenvalue weighted by Gasteiger charge is 2.27. The number of hydrogen-bond donors (Lipinski definition) is 1. The molecule has 0 aliphatic carbocycles. The van der Waals surface area contributed by atoms with Crippen molar-refractivity contribution in [2.75, 3.05) is 0 Å². The Morgan fingerprint density at radius 2 is 1.96 bits per heavy atom. The Hall–Kier alpha value is -2.53. The van der Waals surface area contributed by atoms with E-state index >= 15 is 0 Å². The van der Waals surface area contributed by atoms with Crippen molar-refractivity contribution in [1.29, 1.82) is 0 Å². The Morgan fingerprint density at radius 3 is 2.76 bits per heavy atom. The van der Waals surface area contributed by atoms with Gasteiger partial charge in [-0.15, -0.1) is 11.8 Å². The van der Waals surface area contributed by atoms with E-state index in [-0.39, 0.29) is 11.2 Å². The van der Waals surface area contributed by atoms with Gasteiger partial charge in [0, 0.05) is 30.4 Å². The van der Waals surface area contributed by atoms with Crippen molar-refractivity contribution in [1.82, 2.24) is 14.9 Å². The summed E-state index contributed by atoms with van der Waals surface area (Å²) in [5.74, 6) is 0.110. The number of benzene rings is 2. The first-order valence-electron chi connectivity index (χ1n) is 8.34. The fourth-order valence-corrected chi connectivity index (χ4v) is 4.31. The van der Waals surface area contributed by atoms with Crippen molar-refractivity contribution in [2.24, 2.45) is 0 Å². The molecule has 1 aromatic heterocycles. The molecular weight excluding hydrogens is 330 g/mol. The van der Waals surface area contributed by atoms with Gasteiger partial charge in [0.2, 0.25) is 5.91 Å². The highest BCUT2D eigenvalue weighted by atomic mass is 32.2. The van der Waals surface area contributed by atoms with E-state index < -0.39 is 0 Å². The number of fused-ring (bicyclic) bond motifs is 1. The number of thioether (sulfide) groups is 1. The average Bonchev–Trinajstić information content (AvgIpc) is 3.30. The van der Waals surface area contributed by atoms with Crippen molar-refractivity contribution in [3.8, 4) is 0 Å². The summed E-state index contributed by atoms with van der Waals surface area (Å²) in [4.78, 5) is 17.9. The number of carbonyl (C=O) groups is 1. The average molecular weight is 349 g/mol. The number of carbonyl (C=O) groups excluding carboxylic acids is 1. The SMILES string of the molecule is O=C(NCc1ccccc1Cn1ccnc1)[C@H]1Cc2ccccc2S1. The van der Waals surface area contributed by atoms with Crippen LogP contribution in [-0.2, 0) is 24.3 Å². The zero-order valence-electron chi connectivity index (χ0n) is 13.8. The third-order valence-corrected chi connectivity index (χ3v) is 5.74. The molecule has 126 valence electrons. The van der Waals surface area contributed by atoms with Gasteiger partial charge in [-0.25, -0.2) is 4.98 Å². The predicted octanol–water partition coefficient (Wildman–Crippen LogP) is 3.26. The second-order valence-corrected chi connectivity index (χ2v) is 7.38. The van der Waals surface area contributed by atoms with Crippen molar-refractivity contribution < 1.29 is 4.79 Å². The van der Waals surface area contributed by atoms with Crippen LogP contribution in [0, 0.1) is 0 Å². The summed E-state index contributed by atoms with van der Waals surface area (Å²) in [6.45, 7) is 1.31. The summed E-state index contributed by atoms with van der Waals surface area (Å²) in [7, 11) is 0. The summed E-state index contributed by atoms with van der Waals surface area (Å²) in [6, 6.07) is 16.5. The van der Waals surface area contributed by atoms with E-state index in [4.69, 9.17) is 0 Å². The van der Waals surface area contributed by atoms with Gasteiger partial charge in [0.25, 0.3) is 0 Å². The van der Waals surface area contributed by atoms with E-state index in [1.165, 1.54) is 16.0 Å². The van der Waals surface area contributed by atoms with Gasteiger partial charge in [-0.2, -0.15) is 0 Å². The standard InChI is InChI=1S/C20H19N3OS/c24-20(19-11-15-5-3-4-8-18(15)25-19)22-12-16-6-1-2-7-17(16)13-23-10-9-21-14-23/h1-10,14,19H,11-13H2,(H,22,24)/t19-/m1/s1. The van der Waals surface area contributed by atoms with Gasteiger partial charge in [0.1, 0.15) is 0 Å². The molecule has 1 aliphatic rings. The lowest BCUT2D eigenvalue weighted by molar-refractivity contribution is -0.120. The Labute approximate surface area is 151 Å². The third kappa shape index (κ3) is 3.61. The number of amides is 1.